The van der Waals surface area contributed by atoms with Crippen LogP contribution in [-0.2, 0) is 4.79 Å². The van der Waals surface area contributed by atoms with E-state index in [1.54, 1.807) is 6.20 Å². The van der Waals surface area contributed by atoms with E-state index >= 15 is 0 Å². The number of nitrogens with two attached hydrogens (primary N) is 1. The van der Waals surface area contributed by atoms with E-state index in [0.717, 1.165) is 18.7 Å². The summed E-state index contributed by atoms with van der Waals surface area (Å²) in [4.78, 5) is 15.6. The number of carbonyl (C=O) groups is 1. The monoisotopic (exact) mass is 338 g/mol. The predicted octanol–water partition coefficient (Wildman–Crippen LogP) is 4.39. The number of aliphatic carboxylic acids is 1. The van der Waals surface area contributed by atoms with Gasteiger partial charge in [0.2, 0.25) is 5.84 Å². The topological polar surface area (TPSA) is 75.7 Å². The molecule has 0 radical (unpaired) electrons. The van der Waals surface area contributed by atoms with Gasteiger partial charge in [-0.1, -0.05) is 64.7 Å². The van der Waals surface area contributed by atoms with Gasteiger partial charge in [0, 0.05) is 13.3 Å². The number of carboxylic acids is 1. The molecule has 24 heavy (non-hydrogen) atoms. The third kappa shape index (κ3) is 6.73. The van der Waals surface area contributed by atoms with Crippen molar-refractivity contribution in [3.63, 3.8) is 0 Å². The Morgan fingerprint density at radius 3 is 2.17 bits per heavy atom. The van der Waals surface area contributed by atoms with Gasteiger partial charge < -0.3 is 5.11 Å². The summed E-state index contributed by atoms with van der Waals surface area (Å²) in [6.45, 7) is 4.08. The van der Waals surface area contributed by atoms with E-state index in [2.05, 4.69) is 11.9 Å². The fourth-order valence-electron chi connectivity index (χ4n) is 3.36. The first kappa shape index (κ1) is 20.8. The SMILES string of the molecule is CCCCCCCCCCCCC1=NC=C[N+]1(CC(=O)O)C(C)N. The number of unbranched alkanes of at least 4 members (excludes halogenated alkanes) is 9. The second-order valence-corrected chi connectivity index (χ2v) is 7.00. The average Bonchev–Trinajstić information content (AvgIpc) is 2.92. The summed E-state index contributed by atoms with van der Waals surface area (Å²) in [6.07, 6.45) is 17.0. The first-order valence-corrected chi connectivity index (χ1v) is 9.62. The molecule has 1 aliphatic heterocycles. The van der Waals surface area contributed by atoms with Crippen molar-refractivity contribution in [2.45, 2.75) is 90.6 Å². The minimum absolute atomic E-state index is 0.0231. The van der Waals surface area contributed by atoms with E-state index in [1.807, 2.05) is 13.1 Å². The highest BCUT2D eigenvalue weighted by Gasteiger charge is 2.40. The second-order valence-electron chi connectivity index (χ2n) is 7.00. The van der Waals surface area contributed by atoms with Crippen molar-refractivity contribution in [1.29, 1.82) is 0 Å². The Balaban J connectivity index is 2.21. The lowest BCUT2D eigenvalue weighted by molar-refractivity contribution is -0.805. The van der Waals surface area contributed by atoms with Gasteiger partial charge in [-0.25, -0.2) is 14.3 Å². The van der Waals surface area contributed by atoms with Crippen molar-refractivity contribution < 1.29 is 14.4 Å². The standard InChI is InChI=1S/C19H35N3O2/c1-3-4-5-6-7-8-9-10-11-12-13-18-21-14-15-22(18,17(2)20)16-19(23)24/h14-15,17H,3-13,16,20H2,1-2H3/p+1. The van der Waals surface area contributed by atoms with Gasteiger partial charge in [0.1, 0.15) is 12.4 Å². The largest absolute Gasteiger partial charge is 0.477 e. The molecule has 138 valence electrons. The second kappa shape index (κ2) is 11.4. The first-order chi connectivity index (χ1) is 11.5. The molecule has 0 aromatic carbocycles. The third-order valence-corrected chi connectivity index (χ3v) is 4.91. The summed E-state index contributed by atoms with van der Waals surface area (Å²) >= 11 is 0. The van der Waals surface area contributed by atoms with Crippen LogP contribution < -0.4 is 5.73 Å². The molecule has 0 saturated carbocycles. The van der Waals surface area contributed by atoms with Crippen LogP contribution >= 0.6 is 0 Å². The van der Waals surface area contributed by atoms with Crippen molar-refractivity contribution >= 4 is 11.8 Å². The number of amidine groups is 1. The molecule has 0 aliphatic carbocycles. The maximum atomic E-state index is 11.2. The molecular formula is C19H36N3O2+. The number of quaternary nitrogens is 1. The molecule has 0 aromatic rings. The summed E-state index contributed by atoms with van der Waals surface area (Å²) in [6, 6.07) is 0. The maximum Gasteiger partial charge on any atom is 0.360 e. The Bertz CT molecular complexity index is 432. The fourth-order valence-corrected chi connectivity index (χ4v) is 3.36. The molecule has 0 saturated heterocycles. The molecule has 0 amide bonds. The number of aliphatic imine (C=N–C) groups is 1. The predicted molar refractivity (Wildman–Crippen MR) is 99.4 cm³/mol. The number of nitrogens with zero attached hydrogens (tertiary/aromatic N) is 2. The minimum Gasteiger partial charge on any atom is -0.477 e. The molecule has 1 heterocycles. The Morgan fingerprint density at radius 2 is 1.67 bits per heavy atom. The van der Waals surface area contributed by atoms with Gasteiger partial charge in [-0.2, -0.15) is 0 Å². The number of carboxylic acid groups (broad SMARTS) is 1. The van der Waals surface area contributed by atoms with Crippen molar-refractivity contribution in [2.24, 2.45) is 10.7 Å². The van der Waals surface area contributed by atoms with Gasteiger partial charge in [-0.05, 0) is 6.42 Å². The highest BCUT2D eigenvalue weighted by molar-refractivity contribution is 5.81. The lowest BCUT2D eigenvalue weighted by atomic mass is 10.1. The van der Waals surface area contributed by atoms with Crippen LogP contribution in [-0.4, -0.2) is 34.1 Å². The van der Waals surface area contributed by atoms with Crippen LogP contribution in [0.25, 0.3) is 0 Å². The van der Waals surface area contributed by atoms with E-state index in [-0.39, 0.29) is 17.2 Å². The molecule has 0 spiro atoms. The lowest BCUT2D eigenvalue weighted by Gasteiger charge is -2.34. The van der Waals surface area contributed by atoms with Gasteiger partial charge in [-0.3, -0.25) is 5.73 Å². The van der Waals surface area contributed by atoms with Crippen LogP contribution in [0.2, 0.25) is 0 Å². The van der Waals surface area contributed by atoms with E-state index in [9.17, 15) is 9.90 Å². The van der Waals surface area contributed by atoms with Crippen LogP contribution in [0.15, 0.2) is 17.4 Å². The van der Waals surface area contributed by atoms with Crippen molar-refractivity contribution in [2.75, 3.05) is 6.54 Å². The summed E-state index contributed by atoms with van der Waals surface area (Å²) < 4.78 is 0.173. The molecule has 1 aliphatic rings. The number of rotatable bonds is 14. The van der Waals surface area contributed by atoms with E-state index in [1.165, 1.54) is 57.8 Å². The van der Waals surface area contributed by atoms with Crippen LogP contribution in [0.1, 0.15) is 84.5 Å². The van der Waals surface area contributed by atoms with Gasteiger partial charge in [0.05, 0.1) is 6.20 Å². The summed E-state index contributed by atoms with van der Waals surface area (Å²) in [5, 5.41) is 9.19. The van der Waals surface area contributed by atoms with E-state index < -0.39 is 5.97 Å². The maximum absolute atomic E-state index is 11.2. The molecule has 3 N–H and O–H groups in total. The normalized spacial score (nSPS) is 21.0. The molecule has 0 bridgehead atoms. The van der Waals surface area contributed by atoms with E-state index in [4.69, 9.17) is 5.73 Å². The van der Waals surface area contributed by atoms with Gasteiger partial charge in [-0.15, -0.1) is 0 Å². The molecule has 2 atom stereocenters. The van der Waals surface area contributed by atoms with Gasteiger partial charge in [0.15, 0.2) is 6.54 Å². The van der Waals surface area contributed by atoms with Crippen LogP contribution in [0, 0.1) is 0 Å². The molecule has 0 aromatic heterocycles. The molecule has 2 unspecified atom stereocenters. The molecule has 5 nitrogen and oxygen atoms in total. The lowest BCUT2D eigenvalue weighted by Crippen LogP contribution is -2.59. The van der Waals surface area contributed by atoms with Crippen molar-refractivity contribution in [1.82, 2.24) is 0 Å². The Morgan fingerprint density at radius 1 is 1.12 bits per heavy atom. The van der Waals surface area contributed by atoms with Crippen molar-refractivity contribution in [3.05, 3.63) is 12.4 Å². The average molecular weight is 339 g/mol. The zero-order valence-electron chi connectivity index (χ0n) is 15.5. The molecular weight excluding hydrogens is 302 g/mol. The Kier molecular flexibility index (Phi) is 9.88. The van der Waals surface area contributed by atoms with Crippen LogP contribution in [0.3, 0.4) is 0 Å². The summed E-state index contributed by atoms with van der Waals surface area (Å²) in [7, 11) is 0. The molecule has 1 rings (SSSR count). The third-order valence-electron chi connectivity index (χ3n) is 4.91. The Labute approximate surface area is 147 Å². The van der Waals surface area contributed by atoms with Crippen LogP contribution in [0.4, 0.5) is 0 Å². The number of hydrogen-bond acceptors (Lipinski definition) is 3. The summed E-state index contributed by atoms with van der Waals surface area (Å²) in [5.74, 6) is 0.0570. The highest BCUT2D eigenvalue weighted by Crippen LogP contribution is 2.23. The van der Waals surface area contributed by atoms with E-state index in [0.29, 0.717) is 0 Å². The zero-order chi connectivity index (χ0) is 17.8. The first-order valence-electron chi connectivity index (χ1n) is 9.62. The fraction of sp³-hybridized carbons (Fsp3) is 0.789. The Hall–Kier alpha value is -1.20. The smallest absolute Gasteiger partial charge is 0.360 e. The van der Waals surface area contributed by atoms with Crippen molar-refractivity contribution in [3.8, 4) is 0 Å². The highest BCUT2D eigenvalue weighted by atomic mass is 16.4. The van der Waals surface area contributed by atoms with Gasteiger partial charge in [0.25, 0.3) is 0 Å². The quantitative estimate of drug-likeness (QED) is 0.364. The molecule has 0 fully saturated rings. The zero-order valence-corrected chi connectivity index (χ0v) is 15.5. The molecule has 5 heteroatoms. The summed E-state index contributed by atoms with van der Waals surface area (Å²) in [5.41, 5.74) is 6.07. The van der Waals surface area contributed by atoms with Crippen LogP contribution in [0.5, 0.6) is 0 Å². The van der Waals surface area contributed by atoms with Gasteiger partial charge >= 0.3 is 5.97 Å². The number of hydrogen-bond donors (Lipinski definition) is 2. The minimum atomic E-state index is -0.838.